The second-order valence-corrected chi connectivity index (χ2v) is 7.13. The van der Waals surface area contributed by atoms with Gasteiger partial charge in [-0.05, 0) is 37.8 Å². The van der Waals surface area contributed by atoms with Gasteiger partial charge < -0.3 is 9.72 Å². The van der Waals surface area contributed by atoms with E-state index in [4.69, 9.17) is 21.6 Å². The van der Waals surface area contributed by atoms with Gasteiger partial charge in [0.05, 0.1) is 16.7 Å². The summed E-state index contributed by atoms with van der Waals surface area (Å²) in [5.41, 5.74) is 1.73. The molecule has 1 aromatic heterocycles. The molecule has 2 aromatic rings. The maximum Gasteiger partial charge on any atom is 0.121 e. The SMILES string of the molecule is CC(C)c1ncc([C@H]2CC[C@H](Oc3ccc(C#N)c(Cl)c3)CC2)[nH]1. The quantitative estimate of drug-likeness (QED) is 0.833. The fourth-order valence-corrected chi connectivity index (χ4v) is 3.41. The summed E-state index contributed by atoms with van der Waals surface area (Å²) < 4.78 is 6.04. The van der Waals surface area contributed by atoms with Crippen molar-refractivity contribution in [2.75, 3.05) is 0 Å². The van der Waals surface area contributed by atoms with Gasteiger partial charge in [-0.1, -0.05) is 25.4 Å². The highest BCUT2D eigenvalue weighted by Crippen LogP contribution is 2.34. The number of H-pyrrole nitrogens is 1. The Labute approximate surface area is 147 Å². The first kappa shape index (κ1) is 16.9. The zero-order chi connectivity index (χ0) is 17.1. The number of hydrogen-bond acceptors (Lipinski definition) is 3. The van der Waals surface area contributed by atoms with Gasteiger partial charge in [-0.2, -0.15) is 5.26 Å². The van der Waals surface area contributed by atoms with E-state index >= 15 is 0 Å². The van der Waals surface area contributed by atoms with Crippen molar-refractivity contribution in [1.82, 2.24) is 9.97 Å². The summed E-state index contributed by atoms with van der Waals surface area (Å²) >= 11 is 6.06. The number of hydrogen-bond donors (Lipinski definition) is 1. The first-order valence-electron chi connectivity index (χ1n) is 8.48. The summed E-state index contributed by atoms with van der Waals surface area (Å²) in [6, 6.07) is 7.32. The summed E-state index contributed by atoms with van der Waals surface area (Å²) in [6.07, 6.45) is 6.40. The predicted molar refractivity (Wildman–Crippen MR) is 94.5 cm³/mol. The van der Waals surface area contributed by atoms with Gasteiger partial charge in [0.2, 0.25) is 0 Å². The predicted octanol–water partition coefficient (Wildman–Crippen LogP) is 5.16. The van der Waals surface area contributed by atoms with Crippen LogP contribution in [-0.2, 0) is 0 Å². The lowest BCUT2D eigenvalue weighted by Crippen LogP contribution is -2.23. The lowest BCUT2D eigenvalue weighted by Gasteiger charge is -2.28. The molecule has 3 rings (SSSR count). The maximum atomic E-state index is 8.92. The molecular weight excluding hydrogens is 322 g/mol. The average Bonchev–Trinajstić information content (AvgIpc) is 3.06. The summed E-state index contributed by atoms with van der Waals surface area (Å²) in [4.78, 5) is 7.94. The molecule has 0 radical (unpaired) electrons. The van der Waals surface area contributed by atoms with Gasteiger partial charge in [-0.3, -0.25) is 0 Å². The van der Waals surface area contributed by atoms with E-state index in [1.165, 1.54) is 5.69 Å². The van der Waals surface area contributed by atoms with E-state index in [2.05, 4.69) is 29.9 Å². The molecule has 1 aromatic carbocycles. The second kappa shape index (κ2) is 7.27. The fraction of sp³-hybridized carbons (Fsp3) is 0.474. The van der Waals surface area contributed by atoms with Crippen molar-refractivity contribution >= 4 is 11.6 Å². The van der Waals surface area contributed by atoms with Crippen LogP contribution >= 0.6 is 11.6 Å². The number of nitriles is 1. The van der Waals surface area contributed by atoms with Gasteiger partial charge in [0.1, 0.15) is 17.6 Å². The lowest BCUT2D eigenvalue weighted by atomic mass is 9.85. The second-order valence-electron chi connectivity index (χ2n) is 6.72. The van der Waals surface area contributed by atoms with Crippen molar-refractivity contribution in [1.29, 1.82) is 5.26 Å². The number of rotatable bonds is 4. The maximum absolute atomic E-state index is 8.92. The van der Waals surface area contributed by atoms with Crippen LogP contribution in [0.3, 0.4) is 0 Å². The zero-order valence-corrected chi connectivity index (χ0v) is 14.8. The third kappa shape index (κ3) is 3.73. The summed E-state index contributed by atoms with van der Waals surface area (Å²) in [5, 5.41) is 9.37. The van der Waals surface area contributed by atoms with Crippen molar-refractivity contribution < 1.29 is 4.74 Å². The summed E-state index contributed by atoms with van der Waals surface area (Å²) in [6.45, 7) is 4.30. The minimum absolute atomic E-state index is 0.206. The Morgan fingerprint density at radius 2 is 2.04 bits per heavy atom. The Morgan fingerprint density at radius 3 is 2.62 bits per heavy atom. The van der Waals surface area contributed by atoms with E-state index < -0.39 is 0 Å². The third-order valence-electron chi connectivity index (χ3n) is 4.64. The monoisotopic (exact) mass is 343 g/mol. The Kier molecular flexibility index (Phi) is 5.11. The molecule has 1 aliphatic rings. The first-order chi connectivity index (χ1) is 11.6. The van der Waals surface area contributed by atoms with Crippen LogP contribution in [0, 0.1) is 11.3 Å². The molecule has 0 atom stereocenters. The van der Waals surface area contributed by atoms with Crippen LogP contribution in [-0.4, -0.2) is 16.1 Å². The van der Waals surface area contributed by atoms with Gasteiger partial charge in [0, 0.05) is 29.8 Å². The lowest BCUT2D eigenvalue weighted by molar-refractivity contribution is 0.146. The number of nitrogens with zero attached hydrogens (tertiary/aromatic N) is 2. The number of nitrogens with one attached hydrogen (secondary N) is 1. The molecule has 0 bridgehead atoms. The smallest absolute Gasteiger partial charge is 0.121 e. The molecule has 24 heavy (non-hydrogen) atoms. The molecule has 0 amide bonds. The number of aromatic nitrogens is 2. The van der Waals surface area contributed by atoms with E-state index in [9.17, 15) is 0 Å². The normalized spacial score (nSPS) is 20.8. The van der Waals surface area contributed by atoms with Crippen molar-refractivity contribution in [3.05, 3.63) is 46.5 Å². The molecule has 1 aliphatic carbocycles. The third-order valence-corrected chi connectivity index (χ3v) is 4.95. The van der Waals surface area contributed by atoms with E-state index in [1.54, 1.807) is 12.1 Å². The summed E-state index contributed by atoms with van der Waals surface area (Å²) in [7, 11) is 0. The Morgan fingerprint density at radius 1 is 1.29 bits per heavy atom. The average molecular weight is 344 g/mol. The van der Waals surface area contributed by atoms with E-state index in [1.807, 2.05) is 12.3 Å². The van der Waals surface area contributed by atoms with Crippen LogP contribution in [0.25, 0.3) is 0 Å². The van der Waals surface area contributed by atoms with Crippen molar-refractivity contribution in [2.24, 2.45) is 0 Å². The number of ether oxygens (including phenoxy) is 1. The minimum atomic E-state index is 0.206. The Hall–Kier alpha value is -1.99. The molecule has 5 heteroatoms. The highest BCUT2D eigenvalue weighted by atomic mass is 35.5. The van der Waals surface area contributed by atoms with Crippen LogP contribution in [0.1, 0.15) is 68.4 Å². The largest absolute Gasteiger partial charge is 0.490 e. The van der Waals surface area contributed by atoms with Crippen LogP contribution in [0.5, 0.6) is 5.75 Å². The first-order valence-corrected chi connectivity index (χ1v) is 8.85. The summed E-state index contributed by atoms with van der Waals surface area (Å²) in [5.74, 6) is 2.77. The van der Waals surface area contributed by atoms with Crippen LogP contribution < -0.4 is 4.74 Å². The van der Waals surface area contributed by atoms with Gasteiger partial charge in [0.15, 0.2) is 0 Å². The molecule has 0 saturated heterocycles. The molecule has 0 spiro atoms. The van der Waals surface area contributed by atoms with E-state index in [-0.39, 0.29) is 6.10 Å². The number of benzene rings is 1. The molecule has 1 N–H and O–H groups in total. The van der Waals surface area contributed by atoms with E-state index in [0.29, 0.717) is 22.4 Å². The zero-order valence-electron chi connectivity index (χ0n) is 14.1. The number of aromatic amines is 1. The van der Waals surface area contributed by atoms with Gasteiger partial charge >= 0.3 is 0 Å². The van der Waals surface area contributed by atoms with E-state index in [0.717, 1.165) is 37.3 Å². The molecule has 1 saturated carbocycles. The topological polar surface area (TPSA) is 61.7 Å². The standard InChI is InChI=1S/C19H22ClN3O/c1-12(2)19-22-11-18(23-19)13-3-6-15(7-4-13)24-16-8-5-14(10-21)17(20)9-16/h5,8-9,11-13,15H,3-4,6-7H2,1-2H3,(H,22,23)/t13-,15-. The molecule has 1 fully saturated rings. The van der Waals surface area contributed by atoms with Crippen molar-refractivity contribution in [3.8, 4) is 11.8 Å². The van der Waals surface area contributed by atoms with Crippen molar-refractivity contribution in [2.45, 2.75) is 57.5 Å². The minimum Gasteiger partial charge on any atom is -0.490 e. The number of imidazole rings is 1. The Bertz CT molecular complexity index is 739. The van der Waals surface area contributed by atoms with Gasteiger partial charge in [-0.25, -0.2) is 4.98 Å². The molecule has 1 heterocycles. The fourth-order valence-electron chi connectivity index (χ4n) is 3.20. The molecule has 126 valence electrons. The van der Waals surface area contributed by atoms with Gasteiger partial charge in [0.25, 0.3) is 0 Å². The Balaban J connectivity index is 1.57. The van der Waals surface area contributed by atoms with Crippen LogP contribution in [0.2, 0.25) is 5.02 Å². The highest BCUT2D eigenvalue weighted by Gasteiger charge is 2.25. The van der Waals surface area contributed by atoms with Crippen LogP contribution in [0.15, 0.2) is 24.4 Å². The number of halogens is 1. The molecule has 4 nitrogen and oxygen atoms in total. The molecule has 0 unspecified atom stereocenters. The highest BCUT2D eigenvalue weighted by molar-refractivity contribution is 6.31. The van der Waals surface area contributed by atoms with Crippen LogP contribution in [0.4, 0.5) is 0 Å². The van der Waals surface area contributed by atoms with Crippen molar-refractivity contribution in [3.63, 3.8) is 0 Å². The molecular formula is C19H22ClN3O. The molecule has 0 aliphatic heterocycles. The van der Waals surface area contributed by atoms with Gasteiger partial charge in [-0.15, -0.1) is 0 Å².